The Hall–Kier alpha value is -1.25. The lowest BCUT2D eigenvalue weighted by atomic mass is 10.1. The molecule has 0 bridgehead atoms. The molecular formula is C10H12FNO. The Kier molecular flexibility index (Phi) is 1.87. The van der Waals surface area contributed by atoms with Crippen LogP contribution in [0.1, 0.15) is 24.3 Å². The molecule has 0 radical (unpaired) electrons. The first-order valence-corrected chi connectivity index (χ1v) is 4.35. The molecule has 1 aromatic carbocycles. The molecule has 0 spiro atoms. The second kappa shape index (κ2) is 2.91. The number of hydrogen-bond acceptors (Lipinski definition) is 2. The number of methoxy groups -OCH3 is 1. The fraction of sp³-hybridized carbons (Fsp3) is 0.400. The van der Waals surface area contributed by atoms with Gasteiger partial charge in [0.1, 0.15) is 11.6 Å². The van der Waals surface area contributed by atoms with Crippen LogP contribution in [-0.2, 0) is 0 Å². The predicted molar refractivity (Wildman–Crippen MR) is 49.3 cm³/mol. The molecule has 1 fully saturated rings. The third-order valence-corrected chi connectivity index (χ3v) is 2.37. The molecule has 0 amide bonds. The first-order valence-electron chi connectivity index (χ1n) is 4.35. The molecule has 0 saturated heterocycles. The van der Waals surface area contributed by atoms with Crippen molar-refractivity contribution >= 4 is 5.69 Å². The molecule has 2 rings (SSSR count). The number of anilines is 1. The van der Waals surface area contributed by atoms with E-state index in [0.29, 0.717) is 17.4 Å². The van der Waals surface area contributed by atoms with Gasteiger partial charge in [0.15, 0.2) is 0 Å². The Morgan fingerprint density at radius 2 is 2.15 bits per heavy atom. The molecule has 2 N–H and O–H groups in total. The van der Waals surface area contributed by atoms with E-state index >= 15 is 0 Å². The lowest BCUT2D eigenvalue weighted by Gasteiger charge is -2.07. The van der Waals surface area contributed by atoms with Gasteiger partial charge in [0, 0.05) is 6.07 Å². The van der Waals surface area contributed by atoms with Crippen LogP contribution < -0.4 is 10.5 Å². The monoisotopic (exact) mass is 181 g/mol. The zero-order valence-corrected chi connectivity index (χ0v) is 7.51. The largest absolute Gasteiger partial charge is 0.494 e. The predicted octanol–water partition coefficient (Wildman–Crippen LogP) is 2.29. The van der Waals surface area contributed by atoms with E-state index in [1.807, 2.05) is 0 Å². The first kappa shape index (κ1) is 8.35. The molecule has 0 unspecified atom stereocenters. The van der Waals surface area contributed by atoms with Crippen molar-refractivity contribution in [3.63, 3.8) is 0 Å². The maximum atomic E-state index is 13.4. The summed E-state index contributed by atoms with van der Waals surface area (Å²) in [4.78, 5) is 0. The van der Waals surface area contributed by atoms with Crippen molar-refractivity contribution in [2.75, 3.05) is 12.8 Å². The van der Waals surface area contributed by atoms with E-state index in [0.717, 1.165) is 18.4 Å². The normalized spacial score (nSPS) is 15.8. The van der Waals surface area contributed by atoms with Crippen LogP contribution >= 0.6 is 0 Å². The van der Waals surface area contributed by atoms with Crippen molar-refractivity contribution in [3.05, 3.63) is 23.5 Å². The van der Waals surface area contributed by atoms with Crippen molar-refractivity contribution < 1.29 is 9.13 Å². The number of nitrogens with two attached hydrogens (primary N) is 1. The van der Waals surface area contributed by atoms with Crippen LogP contribution in [0.15, 0.2) is 12.1 Å². The van der Waals surface area contributed by atoms with Gasteiger partial charge in [0.2, 0.25) is 0 Å². The number of ether oxygens (including phenoxy) is 1. The summed E-state index contributed by atoms with van der Waals surface area (Å²) in [6.45, 7) is 0. The standard InChI is InChI=1S/C10H12FNO/c1-13-10-5-8(11)7(4-9(10)12)6-2-3-6/h4-6H,2-3,12H2,1H3. The maximum Gasteiger partial charge on any atom is 0.144 e. The Balaban J connectivity index is 2.42. The van der Waals surface area contributed by atoms with Crippen LogP contribution in [0.2, 0.25) is 0 Å². The summed E-state index contributed by atoms with van der Waals surface area (Å²) in [6, 6.07) is 3.05. The van der Waals surface area contributed by atoms with E-state index in [2.05, 4.69) is 0 Å². The Morgan fingerprint density at radius 1 is 1.46 bits per heavy atom. The lowest BCUT2D eigenvalue weighted by Crippen LogP contribution is -1.96. The van der Waals surface area contributed by atoms with E-state index in [4.69, 9.17) is 10.5 Å². The molecule has 0 aromatic heterocycles. The molecule has 3 heteroatoms. The SMILES string of the molecule is COc1cc(F)c(C2CC2)cc1N. The van der Waals surface area contributed by atoms with Gasteiger partial charge in [-0.25, -0.2) is 4.39 Å². The van der Waals surface area contributed by atoms with E-state index in [9.17, 15) is 4.39 Å². The number of rotatable bonds is 2. The smallest absolute Gasteiger partial charge is 0.144 e. The highest BCUT2D eigenvalue weighted by Crippen LogP contribution is 2.43. The minimum atomic E-state index is -0.200. The van der Waals surface area contributed by atoms with Crippen LogP contribution in [-0.4, -0.2) is 7.11 Å². The van der Waals surface area contributed by atoms with E-state index in [-0.39, 0.29) is 5.82 Å². The van der Waals surface area contributed by atoms with Crippen molar-refractivity contribution in [3.8, 4) is 5.75 Å². The molecule has 13 heavy (non-hydrogen) atoms. The Morgan fingerprint density at radius 3 is 2.69 bits per heavy atom. The van der Waals surface area contributed by atoms with Gasteiger partial charge in [-0.3, -0.25) is 0 Å². The van der Waals surface area contributed by atoms with Gasteiger partial charge in [0.05, 0.1) is 12.8 Å². The van der Waals surface area contributed by atoms with E-state index in [1.54, 1.807) is 6.07 Å². The van der Waals surface area contributed by atoms with Gasteiger partial charge in [-0.2, -0.15) is 0 Å². The number of nitrogen functional groups attached to an aromatic ring is 1. The zero-order chi connectivity index (χ0) is 9.42. The fourth-order valence-corrected chi connectivity index (χ4v) is 1.47. The van der Waals surface area contributed by atoms with Crippen LogP contribution in [0.4, 0.5) is 10.1 Å². The minimum Gasteiger partial charge on any atom is -0.494 e. The molecule has 1 aliphatic rings. The highest BCUT2D eigenvalue weighted by atomic mass is 19.1. The second-order valence-electron chi connectivity index (χ2n) is 3.39. The van der Waals surface area contributed by atoms with Crippen molar-refractivity contribution in [2.45, 2.75) is 18.8 Å². The van der Waals surface area contributed by atoms with Crippen LogP contribution in [0, 0.1) is 5.82 Å². The van der Waals surface area contributed by atoms with Gasteiger partial charge in [-0.1, -0.05) is 0 Å². The Bertz CT molecular complexity index is 334. The third kappa shape index (κ3) is 1.46. The molecule has 1 saturated carbocycles. The summed E-state index contributed by atoms with van der Waals surface area (Å²) in [5.74, 6) is 0.601. The van der Waals surface area contributed by atoms with Gasteiger partial charge >= 0.3 is 0 Å². The van der Waals surface area contributed by atoms with Crippen molar-refractivity contribution in [1.82, 2.24) is 0 Å². The fourth-order valence-electron chi connectivity index (χ4n) is 1.47. The molecule has 2 nitrogen and oxygen atoms in total. The summed E-state index contributed by atoms with van der Waals surface area (Å²) >= 11 is 0. The molecule has 70 valence electrons. The van der Waals surface area contributed by atoms with E-state index in [1.165, 1.54) is 13.2 Å². The van der Waals surface area contributed by atoms with Gasteiger partial charge in [0.25, 0.3) is 0 Å². The summed E-state index contributed by atoms with van der Waals surface area (Å²) in [5.41, 5.74) is 6.93. The van der Waals surface area contributed by atoms with Gasteiger partial charge in [-0.05, 0) is 30.4 Å². The Labute approximate surface area is 76.5 Å². The molecule has 0 heterocycles. The highest BCUT2D eigenvalue weighted by Gasteiger charge is 2.27. The molecular weight excluding hydrogens is 169 g/mol. The third-order valence-electron chi connectivity index (χ3n) is 2.37. The van der Waals surface area contributed by atoms with Crippen LogP contribution in [0.25, 0.3) is 0 Å². The zero-order valence-electron chi connectivity index (χ0n) is 7.51. The summed E-state index contributed by atoms with van der Waals surface area (Å²) in [7, 11) is 1.49. The second-order valence-corrected chi connectivity index (χ2v) is 3.39. The van der Waals surface area contributed by atoms with Crippen molar-refractivity contribution in [1.29, 1.82) is 0 Å². The van der Waals surface area contributed by atoms with Crippen LogP contribution in [0.3, 0.4) is 0 Å². The molecule has 0 atom stereocenters. The highest BCUT2D eigenvalue weighted by molar-refractivity contribution is 5.55. The average Bonchev–Trinajstić information content (AvgIpc) is 2.91. The molecule has 1 aliphatic carbocycles. The number of benzene rings is 1. The van der Waals surface area contributed by atoms with Crippen LogP contribution in [0.5, 0.6) is 5.75 Å². The number of halogens is 1. The van der Waals surface area contributed by atoms with Crippen molar-refractivity contribution in [2.24, 2.45) is 0 Å². The van der Waals surface area contributed by atoms with Gasteiger partial charge < -0.3 is 10.5 Å². The maximum absolute atomic E-state index is 13.4. The number of hydrogen-bond donors (Lipinski definition) is 1. The first-order chi connectivity index (χ1) is 6.22. The molecule has 1 aromatic rings. The quantitative estimate of drug-likeness (QED) is 0.710. The molecule has 0 aliphatic heterocycles. The lowest BCUT2D eigenvalue weighted by molar-refractivity contribution is 0.413. The van der Waals surface area contributed by atoms with Gasteiger partial charge in [-0.15, -0.1) is 0 Å². The minimum absolute atomic E-state index is 0.200. The topological polar surface area (TPSA) is 35.2 Å². The summed E-state index contributed by atoms with van der Waals surface area (Å²) < 4.78 is 18.3. The summed E-state index contributed by atoms with van der Waals surface area (Å²) in [5, 5.41) is 0. The average molecular weight is 181 g/mol. The summed E-state index contributed by atoms with van der Waals surface area (Å²) in [6.07, 6.45) is 2.14. The van der Waals surface area contributed by atoms with E-state index < -0.39 is 0 Å².